The van der Waals surface area contributed by atoms with E-state index in [2.05, 4.69) is 32.4 Å². The molecule has 1 saturated heterocycles. The number of carbonyl (C=O) groups is 2. The summed E-state index contributed by atoms with van der Waals surface area (Å²) in [6.07, 6.45) is 2.12. The number of likely N-dealkylation sites (N-methyl/N-ethyl adjacent to an activating group) is 1. The van der Waals surface area contributed by atoms with Crippen molar-refractivity contribution < 1.29 is 14.0 Å². The normalized spacial score (nSPS) is 15.6. The third-order valence-electron chi connectivity index (χ3n) is 4.74. The number of piperazine rings is 1. The Labute approximate surface area is 157 Å². The van der Waals surface area contributed by atoms with Crippen LogP contribution in [0.15, 0.2) is 30.5 Å². The van der Waals surface area contributed by atoms with Gasteiger partial charge in [0.05, 0.1) is 6.20 Å². The maximum Gasteiger partial charge on any atom is 0.273 e. The van der Waals surface area contributed by atoms with E-state index in [1.54, 1.807) is 0 Å². The van der Waals surface area contributed by atoms with Crippen molar-refractivity contribution in [1.82, 2.24) is 20.0 Å². The summed E-state index contributed by atoms with van der Waals surface area (Å²) in [6.45, 7) is 4.72. The van der Waals surface area contributed by atoms with Crippen molar-refractivity contribution in [2.45, 2.75) is 12.8 Å². The van der Waals surface area contributed by atoms with E-state index in [0.29, 0.717) is 17.7 Å². The van der Waals surface area contributed by atoms with Crippen LogP contribution in [0, 0.1) is 5.82 Å². The number of benzene rings is 1. The van der Waals surface area contributed by atoms with Gasteiger partial charge < -0.3 is 15.1 Å². The maximum atomic E-state index is 13.0. The molecule has 1 aliphatic rings. The summed E-state index contributed by atoms with van der Waals surface area (Å²) in [5.41, 5.74) is 1.30. The summed E-state index contributed by atoms with van der Waals surface area (Å²) >= 11 is 0. The number of anilines is 1. The molecule has 144 valence electrons. The van der Waals surface area contributed by atoms with Gasteiger partial charge in [-0.25, -0.2) is 4.39 Å². The lowest BCUT2D eigenvalue weighted by atomic mass is 10.1. The molecule has 1 aromatic carbocycles. The van der Waals surface area contributed by atoms with E-state index in [0.717, 1.165) is 32.7 Å². The fraction of sp³-hybridized carbons (Fsp3) is 0.421. The molecule has 1 aromatic heterocycles. The SMILES string of the molecule is CN1CCN(CCC(=O)Cc2cn[nH]c2C(=O)Nc2ccc(F)cc2)CC1. The topological polar surface area (TPSA) is 81.3 Å². The van der Waals surface area contributed by atoms with Crippen LogP contribution in [0.25, 0.3) is 0 Å². The van der Waals surface area contributed by atoms with E-state index in [9.17, 15) is 14.0 Å². The highest BCUT2D eigenvalue weighted by molar-refractivity contribution is 6.04. The van der Waals surface area contributed by atoms with Crippen molar-refractivity contribution in [1.29, 1.82) is 0 Å². The van der Waals surface area contributed by atoms with Crippen LogP contribution >= 0.6 is 0 Å². The van der Waals surface area contributed by atoms with Gasteiger partial charge in [0.25, 0.3) is 5.91 Å². The second-order valence-corrected chi connectivity index (χ2v) is 6.84. The van der Waals surface area contributed by atoms with Crippen molar-refractivity contribution in [2.24, 2.45) is 0 Å². The Kier molecular flexibility index (Phi) is 6.31. The van der Waals surface area contributed by atoms with E-state index in [1.807, 2.05) is 0 Å². The first-order valence-electron chi connectivity index (χ1n) is 9.03. The zero-order valence-corrected chi connectivity index (χ0v) is 15.4. The lowest BCUT2D eigenvalue weighted by Crippen LogP contribution is -2.45. The van der Waals surface area contributed by atoms with Gasteiger partial charge in [-0.3, -0.25) is 14.7 Å². The van der Waals surface area contributed by atoms with Crippen LogP contribution in [-0.2, 0) is 11.2 Å². The second kappa shape index (κ2) is 8.88. The zero-order chi connectivity index (χ0) is 19.2. The average Bonchev–Trinajstić information content (AvgIpc) is 3.11. The minimum Gasteiger partial charge on any atom is -0.321 e. The summed E-state index contributed by atoms with van der Waals surface area (Å²) in [7, 11) is 2.10. The van der Waals surface area contributed by atoms with Crippen molar-refractivity contribution >= 4 is 17.4 Å². The number of carbonyl (C=O) groups excluding carboxylic acids is 2. The molecule has 7 nitrogen and oxygen atoms in total. The van der Waals surface area contributed by atoms with Gasteiger partial charge >= 0.3 is 0 Å². The van der Waals surface area contributed by atoms with Crippen LogP contribution in [0.3, 0.4) is 0 Å². The van der Waals surface area contributed by atoms with Crippen LogP contribution in [0.2, 0.25) is 0 Å². The second-order valence-electron chi connectivity index (χ2n) is 6.84. The molecular formula is C19H24FN5O2. The molecular weight excluding hydrogens is 349 g/mol. The number of aromatic amines is 1. The lowest BCUT2D eigenvalue weighted by Gasteiger charge is -2.32. The Bertz CT molecular complexity index is 782. The van der Waals surface area contributed by atoms with E-state index in [4.69, 9.17) is 0 Å². The number of amides is 1. The van der Waals surface area contributed by atoms with Gasteiger partial charge in [-0.15, -0.1) is 0 Å². The Morgan fingerprint density at radius 1 is 1.19 bits per heavy atom. The Hall–Kier alpha value is -2.58. The van der Waals surface area contributed by atoms with Crippen LogP contribution < -0.4 is 5.32 Å². The number of rotatable bonds is 7. The number of hydrogen-bond acceptors (Lipinski definition) is 5. The van der Waals surface area contributed by atoms with Crippen LogP contribution in [0.4, 0.5) is 10.1 Å². The molecule has 0 saturated carbocycles. The number of ketones is 1. The summed E-state index contributed by atoms with van der Waals surface area (Å²) in [6, 6.07) is 5.49. The monoisotopic (exact) mass is 373 g/mol. The highest BCUT2D eigenvalue weighted by Crippen LogP contribution is 2.13. The first-order valence-corrected chi connectivity index (χ1v) is 9.03. The van der Waals surface area contributed by atoms with E-state index in [1.165, 1.54) is 30.5 Å². The largest absolute Gasteiger partial charge is 0.321 e. The van der Waals surface area contributed by atoms with Gasteiger partial charge in [0.15, 0.2) is 0 Å². The number of H-pyrrole nitrogens is 1. The molecule has 0 radical (unpaired) electrons. The summed E-state index contributed by atoms with van der Waals surface area (Å²) in [5, 5.41) is 9.22. The lowest BCUT2D eigenvalue weighted by molar-refractivity contribution is -0.118. The van der Waals surface area contributed by atoms with Gasteiger partial charge in [0.2, 0.25) is 0 Å². The first kappa shape index (κ1) is 19.2. The van der Waals surface area contributed by atoms with E-state index >= 15 is 0 Å². The molecule has 8 heteroatoms. The molecule has 0 spiro atoms. The fourth-order valence-corrected chi connectivity index (χ4v) is 3.02. The van der Waals surface area contributed by atoms with Crippen molar-refractivity contribution in [3.05, 3.63) is 47.5 Å². The van der Waals surface area contributed by atoms with Crippen molar-refractivity contribution in [3.8, 4) is 0 Å². The molecule has 0 atom stereocenters. The average molecular weight is 373 g/mol. The molecule has 0 bridgehead atoms. The predicted octanol–water partition coefficient (Wildman–Crippen LogP) is 1.55. The number of nitrogens with zero attached hydrogens (tertiary/aromatic N) is 3. The fourth-order valence-electron chi connectivity index (χ4n) is 3.02. The third kappa shape index (κ3) is 5.45. The van der Waals surface area contributed by atoms with Gasteiger partial charge in [-0.2, -0.15) is 5.10 Å². The molecule has 27 heavy (non-hydrogen) atoms. The smallest absolute Gasteiger partial charge is 0.273 e. The molecule has 2 N–H and O–H groups in total. The van der Waals surface area contributed by atoms with Crippen LogP contribution in [0.5, 0.6) is 0 Å². The number of nitrogens with one attached hydrogen (secondary N) is 2. The van der Waals surface area contributed by atoms with Crippen LogP contribution in [-0.4, -0.2) is 71.5 Å². The van der Waals surface area contributed by atoms with Gasteiger partial charge in [0.1, 0.15) is 17.3 Å². The highest BCUT2D eigenvalue weighted by Gasteiger charge is 2.18. The molecule has 1 fully saturated rings. The molecule has 1 amide bonds. The number of hydrogen-bond donors (Lipinski definition) is 2. The van der Waals surface area contributed by atoms with Gasteiger partial charge in [-0.1, -0.05) is 0 Å². The first-order chi connectivity index (χ1) is 13.0. The molecule has 0 unspecified atom stereocenters. The van der Waals surface area contributed by atoms with E-state index < -0.39 is 5.91 Å². The van der Waals surface area contributed by atoms with Gasteiger partial charge in [0, 0.05) is 56.8 Å². The summed E-state index contributed by atoms with van der Waals surface area (Å²) in [4.78, 5) is 29.3. The minimum absolute atomic E-state index is 0.0751. The Morgan fingerprint density at radius 2 is 1.89 bits per heavy atom. The predicted molar refractivity (Wildman–Crippen MR) is 100 cm³/mol. The summed E-state index contributed by atoms with van der Waals surface area (Å²) in [5.74, 6) is -0.701. The minimum atomic E-state index is -0.402. The third-order valence-corrected chi connectivity index (χ3v) is 4.74. The molecule has 2 aromatic rings. The molecule has 1 aliphatic heterocycles. The highest BCUT2D eigenvalue weighted by atomic mass is 19.1. The Balaban J connectivity index is 1.52. The zero-order valence-electron chi connectivity index (χ0n) is 15.4. The molecule has 3 rings (SSSR count). The van der Waals surface area contributed by atoms with Crippen LogP contribution in [0.1, 0.15) is 22.5 Å². The Morgan fingerprint density at radius 3 is 2.59 bits per heavy atom. The van der Waals surface area contributed by atoms with Crippen molar-refractivity contribution in [3.63, 3.8) is 0 Å². The molecule has 0 aliphatic carbocycles. The van der Waals surface area contributed by atoms with Gasteiger partial charge in [-0.05, 0) is 31.3 Å². The maximum absolute atomic E-state index is 13.0. The van der Waals surface area contributed by atoms with E-state index in [-0.39, 0.29) is 23.7 Å². The standard InChI is InChI=1S/C19H24FN5O2/c1-24-8-10-25(11-9-24)7-6-17(26)12-14-13-21-23-18(14)19(27)22-16-4-2-15(20)3-5-16/h2-5,13H,6-12H2,1H3,(H,21,23)(H,22,27). The summed E-state index contributed by atoms with van der Waals surface area (Å²) < 4.78 is 13.0. The molecule has 2 heterocycles. The number of Topliss-reactive ketones (excluding diaryl/α,β-unsaturated/α-hetero) is 1. The quantitative estimate of drug-likeness (QED) is 0.770. The number of aromatic nitrogens is 2. The van der Waals surface area contributed by atoms with Crippen molar-refractivity contribution in [2.75, 3.05) is 45.1 Å². The number of halogens is 1.